The van der Waals surface area contributed by atoms with Crippen LogP contribution in [0.2, 0.25) is 0 Å². The SMILES string of the molecule is CCN1c2ccc(-c3cccc4c3Nc3ccccc3S4)cc2S(=O)(=O)c2cc(-c3cccc4c3Nc3ccccc3S4)ccc21. The molecule has 5 nitrogen and oxygen atoms in total. The lowest BCUT2D eigenvalue weighted by molar-refractivity contribution is 0.594. The summed E-state index contributed by atoms with van der Waals surface area (Å²) in [4.78, 5) is 7.33. The van der Waals surface area contributed by atoms with Crippen LogP contribution in [0, 0.1) is 0 Å². The quantitative estimate of drug-likeness (QED) is 0.197. The van der Waals surface area contributed by atoms with Gasteiger partial charge in [-0.3, -0.25) is 0 Å². The molecule has 6 aromatic rings. The Morgan fingerprint density at radius 1 is 0.565 bits per heavy atom. The topological polar surface area (TPSA) is 61.4 Å². The fourth-order valence-corrected chi connectivity index (χ4v) is 10.4. The van der Waals surface area contributed by atoms with Gasteiger partial charge in [0.1, 0.15) is 0 Å². The monoisotopic (exact) mass is 653 g/mol. The Hall–Kier alpha value is -4.63. The van der Waals surface area contributed by atoms with Crippen molar-refractivity contribution in [2.24, 2.45) is 0 Å². The van der Waals surface area contributed by atoms with Crippen molar-refractivity contribution in [3.63, 3.8) is 0 Å². The summed E-state index contributed by atoms with van der Waals surface area (Å²) in [5.74, 6) is 0. The third-order valence-corrected chi connectivity index (χ3v) is 12.9. The van der Waals surface area contributed by atoms with Gasteiger partial charge < -0.3 is 15.5 Å². The molecule has 0 aliphatic carbocycles. The normalized spacial score (nSPS) is 14.8. The molecule has 0 saturated heterocycles. The number of sulfone groups is 1. The van der Waals surface area contributed by atoms with Gasteiger partial charge in [-0.15, -0.1) is 0 Å². The molecule has 3 aliphatic rings. The molecule has 0 aromatic heterocycles. The molecule has 0 fully saturated rings. The van der Waals surface area contributed by atoms with Crippen LogP contribution in [0.5, 0.6) is 0 Å². The van der Waals surface area contributed by atoms with E-state index in [-0.39, 0.29) is 0 Å². The molecule has 0 spiro atoms. The maximum absolute atomic E-state index is 14.6. The van der Waals surface area contributed by atoms with Crippen molar-refractivity contribution in [1.82, 2.24) is 0 Å². The van der Waals surface area contributed by atoms with E-state index < -0.39 is 9.84 Å². The van der Waals surface area contributed by atoms with Gasteiger partial charge in [0.05, 0.1) is 43.9 Å². The molecule has 9 rings (SSSR count). The van der Waals surface area contributed by atoms with E-state index in [0.29, 0.717) is 27.7 Å². The van der Waals surface area contributed by atoms with Gasteiger partial charge in [-0.1, -0.05) is 84.2 Å². The first kappa shape index (κ1) is 27.7. The molecule has 2 N–H and O–H groups in total. The van der Waals surface area contributed by atoms with Crippen LogP contribution >= 0.6 is 23.5 Å². The first-order valence-electron chi connectivity index (χ1n) is 15.1. The number of anilines is 6. The van der Waals surface area contributed by atoms with Crippen molar-refractivity contribution in [1.29, 1.82) is 0 Å². The molecule has 0 atom stereocenters. The highest BCUT2D eigenvalue weighted by Gasteiger charge is 2.35. The zero-order chi connectivity index (χ0) is 31.0. The predicted molar refractivity (Wildman–Crippen MR) is 190 cm³/mol. The summed E-state index contributed by atoms with van der Waals surface area (Å²) in [7, 11) is -3.84. The Balaban J connectivity index is 1.15. The van der Waals surface area contributed by atoms with Crippen LogP contribution in [0.3, 0.4) is 0 Å². The number of nitrogens with zero attached hydrogens (tertiary/aromatic N) is 1. The minimum Gasteiger partial charge on any atom is -0.353 e. The summed E-state index contributed by atoms with van der Waals surface area (Å²) in [5, 5.41) is 7.22. The van der Waals surface area contributed by atoms with Crippen LogP contribution in [0.1, 0.15) is 6.92 Å². The van der Waals surface area contributed by atoms with Crippen molar-refractivity contribution in [3.05, 3.63) is 121 Å². The minimum absolute atomic E-state index is 0.329. The molecular formula is C38H27N3O2S3. The maximum atomic E-state index is 14.6. The lowest BCUT2D eigenvalue weighted by Gasteiger charge is -2.33. The van der Waals surface area contributed by atoms with Crippen LogP contribution in [-0.2, 0) is 9.84 Å². The number of benzene rings is 6. The summed E-state index contributed by atoms with van der Waals surface area (Å²) >= 11 is 3.45. The van der Waals surface area contributed by atoms with Crippen LogP contribution in [0.4, 0.5) is 34.1 Å². The molecule has 3 heterocycles. The standard InChI is InChI=1S/C38H27N3O2S3/c1-2-41-29-19-17-23(25-9-7-15-33-37(25)39-27-11-3-5-13-31(27)44-33)21-35(29)46(42,43)36-22-24(18-20-30(36)41)26-10-8-16-34-38(26)40-28-12-4-6-14-32(28)45-34/h3-22,39-40H,2H2,1H3. The van der Waals surface area contributed by atoms with Gasteiger partial charge in [-0.25, -0.2) is 8.42 Å². The number of hydrogen-bond acceptors (Lipinski definition) is 7. The Morgan fingerprint density at radius 2 is 1.02 bits per heavy atom. The minimum atomic E-state index is -3.84. The fraction of sp³-hybridized carbons (Fsp3) is 0.0526. The van der Waals surface area contributed by atoms with Gasteiger partial charge in [0, 0.05) is 37.3 Å². The number of fused-ring (bicyclic) bond motifs is 6. The van der Waals surface area contributed by atoms with E-state index >= 15 is 0 Å². The Kier molecular flexibility index (Phi) is 6.29. The second-order valence-electron chi connectivity index (χ2n) is 11.4. The van der Waals surface area contributed by atoms with E-state index in [2.05, 4.69) is 71.0 Å². The second kappa shape index (κ2) is 10.5. The Morgan fingerprint density at radius 3 is 1.50 bits per heavy atom. The molecule has 3 aliphatic heterocycles. The summed E-state index contributed by atoms with van der Waals surface area (Å²) < 4.78 is 29.1. The van der Waals surface area contributed by atoms with Crippen LogP contribution in [0.15, 0.2) is 151 Å². The van der Waals surface area contributed by atoms with E-state index in [1.807, 2.05) is 72.8 Å². The van der Waals surface area contributed by atoms with E-state index in [1.165, 1.54) is 9.79 Å². The van der Waals surface area contributed by atoms with Gasteiger partial charge >= 0.3 is 0 Å². The van der Waals surface area contributed by atoms with Crippen molar-refractivity contribution in [2.75, 3.05) is 22.1 Å². The maximum Gasteiger partial charge on any atom is 0.210 e. The Labute approximate surface area is 276 Å². The highest BCUT2D eigenvalue weighted by molar-refractivity contribution is 8.00. The van der Waals surface area contributed by atoms with Crippen molar-refractivity contribution < 1.29 is 8.42 Å². The zero-order valence-electron chi connectivity index (χ0n) is 24.7. The van der Waals surface area contributed by atoms with Crippen molar-refractivity contribution >= 4 is 67.5 Å². The molecule has 6 aromatic carbocycles. The molecule has 0 unspecified atom stereocenters. The molecule has 224 valence electrons. The smallest absolute Gasteiger partial charge is 0.210 e. The average molecular weight is 654 g/mol. The van der Waals surface area contributed by atoms with Crippen LogP contribution in [-0.4, -0.2) is 15.0 Å². The van der Waals surface area contributed by atoms with Gasteiger partial charge in [-0.2, -0.15) is 0 Å². The van der Waals surface area contributed by atoms with Crippen molar-refractivity contribution in [2.45, 2.75) is 36.3 Å². The molecule has 8 heteroatoms. The van der Waals surface area contributed by atoms with Crippen molar-refractivity contribution in [3.8, 4) is 22.3 Å². The van der Waals surface area contributed by atoms with Gasteiger partial charge in [0.2, 0.25) is 9.84 Å². The number of hydrogen-bond donors (Lipinski definition) is 2. The highest BCUT2D eigenvalue weighted by atomic mass is 32.2. The van der Waals surface area contributed by atoms with Gasteiger partial charge in [0.15, 0.2) is 0 Å². The first-order chi connectivity index (χ1) is 22.5. The molecule has 0 radical (unpaired) electrons. The number of rotatable bonds is 3. The number of nitrogens with one attached hydrogen (secondary N) is 2. The molecule has 0 saturated carbocycles. The molecule has 0 bridgehead atoms. The first-order valence-corrected chi connectivity index (χ1v) is 18.3. The summed E-state index contributed by atoms with van der Waals surface area (Å²) in [6, 6.07) is 40.6. The summed E-state index contributed by atoms with van der Waals surface area (Å²) in [6.07, 6.45) is 0. The predicted octanol–water partition coefficient (Wildman–Crippen LogP) is 10.7. The molecule has 0 amide bonds. The van der Waals surface area contributed by atoms with Crippen LogP contribution in [0.25, 0.3) is 22.3 Å². The van der Waals surface area contributed by atoms with E-state index in [9.17, 15) is 8.42 Å². The lowest BCUT2D eigenvalue weighted by atomic mass is 10.0. The highest BCUT2D eigenvalue weighted by Crippen LogP contribution is 2.52. The lowest BCUT2D eigenvalue weighted by Crippen LogP contribution is -2.26. The van der Waals surface area contributed by atoms with E-state index in [0.717, 1.165) is 54.8 Å². The largest absolute Gasteiger partial charge is 0.353 e. The molecule has 46 heavy (non-hydrogen) atoms. The van der Waals surface area contributed by atoms with Gasteiger partial charge in [0.25, 0.3) is 0 Å². The average Bonchev–Trinajstić information content (AvgIpc) is 3.09. The summed E-state index contributed by atoms with van der Waals surface area (Å²) in [6.45, 7) is 2.70. The fourth-order valence-electron chi connectivity index (χ4n) is 6.62. The number of para-hydroxylation sites is 4. The Bertz CT molecular complexity index is 2200. The third-order valence-electron chi connectivity index (χ3n) is 8.80. The second-order valence-corrected chi connectivity index (χ2v) is 15.5. The van der Waals surface area contributed by atoms with E-state index in [1.54, 1.807) is 23.5 Å². The summed E-state index contributed by atoms with van der Waals surface area (Å²) in [5.41, 5.74) is 9.17. The van der Waals surface area contributed by atoms with Crippen LogP contribution < -0.4 is 15.5 Å². The van der Waals surface area contributed by atoms with E-state index in [4.69, 9.17) is 0 Å². The third kappa shape index (κ3) is 4.21. The van der Waals surface area contributed by atoms with Gasteiger partial charge in [-0.05, 0) is 78.7 Å². The molecular weight excluding hydrogens is 627 g/mol. The zero-order valence-corrected chi connectivity index (χ0v) is 27.2.